The lowest BCUT2D eigenvalue weighted by Gasteiger charge is -2.12. The van der Waals surface area contributed by atoms with E-state index in [4.69, 9.17) is 0 Å². The van der Waals surface area contributed by atoms with E-state index >= 15 is 0 Å². The topological polar surface area (TPSA) is 41.1 Å². The molecule has 0 spiro atoms. The van der Waals surface area contributed by atoms with Crippen molar-refractivity contribution in [3.63, 3.8) is 0 Å². The van der Waals surface area contributed by atoms with Crippen LogP contribution in [0.3, 0.4) is 0 Å². The zero-order valence-corrected chi connectivity index (χ0v) is 13.0. The highest BCUT2D eigenvalue weighted by Crippen LogP contribution is 2.22. The van der Waals surface area contributed by atoms with E-state index in [1.807, 2.05) is 38.1 Å². The number of benzene rings is 2. The molecule has 0 aromatic heterocycles. The summed E-state index contributed by atoms with van der Waals surface area (Å²) in [5.74, 6) is 0.0168. The minimum absolute atomic E-state index is 0.0157. The van der Waals surface area contributed by atoms with Crippen molar-refractivity contribution in [3.05, 3.63) is 53.6 Å². The maximum Gasteiger partial charge on any atom is 0.226 e. The summed E-state index contributed by atoms with van der Waals surface area (Å²) in [6.45, 7) is 7.94. The van der Waals surface area contributed by atoms with Gasteiger partial charge in [-0.3, -0.25) is 4.79 Å². The molecule has 0 heterocycles. The zero-order valence-electron chi connectivity index (χ0n) is 13.0. The fraction of sp³-hybridized carbons (Fsp3) is 0.278. The fourth-order valence-corrected chi connectivity index (χ4v) is 2.03. The standard InChI is InChI=1S/C18H22N2O/c1-12(2)18(21)20-16-8-6-15(7-9-16)19-17-10-5-13(3)11-14(17)4/h5-12,19H,1-4H3,(H,20,21). The molecule has 0 bridgehead atoms. The van der Waals surface area contributed by atoms with Gasteiger partial charge in [0.25, 0.3) is 0 Å². The van der Waals surface area contributed by atoms with E-state index < -0.39 is 0 Å². The van der Waals surface area contributed by atoms with Gasteiger partial charge in [-0.05, 0) is 49.7 Å². The molecule has 0 aliphatic rings. The van der Waals surface area contributed by atoms with Crippen LogP contribution >= 0.6 is 0 Å². The van der Waals surface area contributed by atoms with Crippen LogP contribution in [0.5, 0.6) is 0 Å². The van der Waals surface area contributed by atoms with E-state index in [2.05, 4.69) is 42.7 Å². The lowest BCUT2D eigenvalue weighted by molar-refractivity contribution is -0.118. The number of anilines is 3. The summed E-state index contributed by atoms with van der Waals surface area (Å²) in [5.41, 5.74) is 5.39. The minimum Gasteiger partial charge on any atom is -0.355 e. The summed E-state index contributed by atoms with van der Waals surface area (Å²) in [6.07, 6.45) is 0. The monoisotopic (exact) mass is 282 g/mol. The summed E-state index contributed by atoms with van der Waals surface area (Å²) < 4.78 is 0. The van der Waals surface area contributed by atoms with Crippen LogP contribution in [0.1, 0.15) is 25.0 Å². The molecule has 0 fully saturated rings. The third kappa shape index (κ3) is 4.09. The summed E-state index contributed by atoms with van der Waals surface area (Å²) in [7, 11) is 0. The first-order valence-corrected chi connectivity index (χ1v) is 7.21. The first-order valence-electron chi connectivity index (χ1n) is 7.21. The van der Waals surface area contributed by atoms with Crippen molar-refractivity contribution in [1.82, 2.24) is 0 Å². The van der Waals surface area contributed by atoms with E-state index in [-0.39, 0.29) is 11.8 Å². The second-order valence-corrected chi connectivity index (χ2v) is 5.66. The molecular weight excluding hydrogens is 260 g/mol. The molecule has 0 unspecified atom stereocenters. The first-order chi connectivity index (χ1) is 9.95. The molecule has 2 rings (SSSR count). The Hall–Kier alpha value is -2.29. The highest BCUT2D eigenvalue weighted by molar-refractivity contribution is 5.92. The molecule has 0 saturated heterocycles. The molecule has 110 valence electrons. The lowest BCUT2D eigenvalue weighted by Crippen LogP contribution is -2.17. The first kappa shape index (κ1) is 15.1. The number of nitrogens with one attached hydrogen (secondary N) is 2. The maximum absolute atomic E-state index is 11.6. The number of rotatable bonds is 4. The molecular formula is C18H22N2O. The molecule has 3 heteroatoms. The molecule has 2 aromatic carbocycles. The molecule has 0 radical (unpaired) electrons. The van der Waals surface area contributed by atoms with Crippen molar-refractivity contribution < 1.29 is 4.79 Å². The molecule has 0 aliphatic heterocycles. The van der Waals surface area contributed by atoms with Crippen LogP contribution < -0.4 is 10.6 Å². The van der Waals surface area contributed by atoms with Gasteiger partial charge in [-0.2, -0.15) is 0 Å². The third-order valence-electron chi connectivity index (χ3n) is 3.34. The summed E-state index contributed by atoms with van der Waals surface area (Å²) in [5, 5.41) is 6.27. The Morgan fingerprint density at radius 2 is 1.57 bits per heavy atom. The molecule has 3 nitrogen and oxygen atoms in total. The Morgan fingerprint density at radius 1 is 0.952 bits per heavy atom. The normalized spacial score (nSPS) is 10.5. The maximum atomic E-state index is 11.6. The predicted molar refractivity (Wildman–Crippen MR) is 89.1 cm³/mol. The van der Waals surface area contributed by atoms with Crippen LogP contribution in [0.2, 0.25) is 0 Å². The summed E-state index contributed by atoms with van der Waals surface area (Å²) in [4.78, 5) is 11.6. The van der Waals surface area contributed by atoms with E-state index in [0.29, 0.717) is 0 Å². The summed E-state index contributed by atoms with van der Waals surface area (Å²) >= 11 is 0. The Kier molecular flexibility index (Phi) is 4.63. The lowest BCUT2D eigenvalue weighted by atomic mass is 10.1. The van der Waals surface area contributed by atoms with Crippen LogP contribution in [0.15, 0.2) is 42.5 Å². The molecule has 2 N–H and O–H groups in total. The Morgan fingerprint density at radius 3 is 2.14 bits per heavy atom. The molecule has 2 aromatic rings. The van der Waals surface area contributed by atoms with Gasteiger partial charge < -0.3 is 10.6 Å². The van der Waals surface area contributed by atoms with Crippen LogP contribution in [-0.2, 0) is 4.79 Å². The van der Waals surface area contributed by atoms with Gasteiger partial charge in [0.2, 0.25) is 5.91 Å². The van der Waals surface area contributed by atoms with E-state index in [1.54, 1.807) is 0 Å². The van der Waals surface area contributed by atoms with Crippen molar-refractivity contribution in [1.29, 1.82) is 0 Å². The van der Waals surface area contributed by atoms with Gasteiger partial charge in [0, 0.05) is 23.0 Å². The number of hydrogen-bond acceptors (Lipinski definition) is 2. The van der Waals surface area contributed by atoms with E-state index in [9.17, 15) is 4.79 Å². The molecule has 1 amide bonds. The van der Waals surface area contributed by atoms with E-state index in [1.165, 1.54) is 11.1 Å². The van der Waals surface area contributed by atoms with Crippen molar-refractivity contribution in [2.75, 3.05) is 10.6 Å². The van der Waals surface area contributed by atoms with Crippen LogP contribution in [-0.4, -0.2) is 5.91 Å². The zero-order chi connectivity index (χ0) is 15.4. The van der Waals surface area contributed by atoms with Crippen LogP contribution in [0.4, 0.5) is 17.1 Å². The number of carbonyl (C=O) groups excluding carboxylic acids is 1. The number of hydrogen-bond donors (Lipinski definition) is 2. The second-order valence-electron chi connectivity index (χ2n) is 5.66. The van der Waals surface area contributed by atoms with Crippen molar-refractivity contribution >= 4 is 23.0 Å². The van der Waals surface area contributed by atoms with Crippen LogP contribution in [0, 0.1) is 19.8 Å². The number of aryl methyl sites for hydroxylation is 2. The average molecular weight is 282 g/mol. The van der Waals surface area contributed by atoms with Gasteiger partial charge in [0.05, 0.1) is 0 Å². The van der Waals surface area contributed by atoms with Gasteiger partial charge in [-0.25, -0.2) is 0 Å². The van der Waals surface area contributed by atoms with Gasteiger partial charge in [-0.1, -0.05) is 31.5 Å². The quantitative estimate of drug-likeness (QED) is 0.857. The van der Waals surface area contributed by atoms with Crippen molar-refractivity contribution in [2.24, 2.45) is 5.92 Å². The second kappa shape index (κ2) is 6.44. The number of carbonyl (C=O) groups is 1. The number of amides is 1. The largest absolute Gasteiger partial charge is 0.355 e. The van der Waals surface area contributed by atoms with Gasteiger partial charge >= 0.3 is 0 Å². The minimum atomic E-state index is -0.0157. The highest BCUT2D eigenvalue weighted by atomic mass is 16.1. The van der Waals surface area contributed by atoms with Gasteiger partial charge in [0.15, 0.2) is 0 Å². The predicted octanol–water partition coefficient (Wildman–Crippen LogP) is 4.64. The van der Waals surface area contributed by atoms with Crippen LogP contribution in [0.25, 0.3) is 0 Å². The molecule has 0 saturated carbocycles. The van der Waals surface area contributed by atoms with E-state index in [0.717, 1.165) is 17.1 Å². The third-order valence-corrected chi connectivity index (χ3v) is 3.34. The molecule has 0 aliphatic carbocycles. The van der Waals surface area contributed by atoms with Crippen molar-refractivity contribution in [3.8, 4) is 0 Å². The Bertz CT molecular complexity index is 630. The average Bonchev–Trinajstić information content (AvgIpc) is 2.43. The Balaban J connectivity index is 2.07. The molecule has 21 heavy (non-hydrogen) atoms. The van der Waals surface area contributed by atoms with Gasteiger partial charge in [0.1, 0.15) is 0 Å². The Labute approximate surface area is 126 Å². The summed E-state index contributed by atoms with van der Waals surface area (Å²) in [6, 6.07) is 14.1. The van der Waals surface area contributed by atoms with Crippen molar-refractivity contribution in [2.45, 2.75) is 27.7 Å². The van der Waals surface area contributed by atoms with Gasteiger partial charge in [-0.15, -0.1) is 0 Å². The molecule has 0 atom stereocenters. The smallest absolute Gasteiger partial charge is 0.226 e. The highest BCUT2D eigenvalue weighted by Gasteiger charge is 2.06. The fourth-order valence-electron chi connectivity index (χ4n) is 2.03. The SMILES string of the molecule is Cc1ccc(Nc2ccc(NC(=O)C(C)C)cc2)c(C)c1.